The number of unbranched alkanes of at least 4 members (excludes halogenated alkanes) is 1. The van der Waals surface area contributed by atoms with Crippen LogP contribution in [0.4, 0.5) is 0 Å². The van der Waals surface area contributed by atoms with E-state index in [1.807, 2.05) is 0 Å². The second kappa shape index (κ2) is 7.25. The Balaban J connectivity index is 1.71. The van der Waals surface area contributed by atoms with Gasteiger partial charge in [0.05, 0.1) is 0 Å². The second-order valence-electron chi connectivity index (χ2n) is 6.17. The lowest BCUT2D eigenvalue weighted by molar-refractivity contribution is -0.118. The maximum Gasteiger partial charge on any atom is 0.217 e. The largest absolute Gasteiger partial charge is 0.370 e. The van der Waals surface area contributed by atoms with E-state index >= 15 is 0 Å². The Morgan fingerprint density at radius 2 is 1.95 bits per heavy atom. The van der Waals surface area contributed by atoms with Crippen molar-refractivity contribution in [3.8, 4) is 0 Å². The van der Waals surface area contributed by atoms with Crippen molar-refractivity contribution in [1.82, 2.24) is 10.2 Å². The number of primary amides is 1. The number of piperidine rings is 1. The molecule has 0 saturated carbocycles. The first kappa shape index (κ1) is 14.8. The molecule has 3 N–H and O–H groups in total. The summed E-state index contributed by atoms with van der Waals surface area (Å²) in [7, 11) is 0. The van der Waals surface area contributed by atoms with Crippen LogP contribution in [0.5, 0.6) is 0 Å². The van der Waals surface area contributed by atoms with Gasteiger partial charge in [-0.05, 0) is 58.0 Å². The molecule has 2 aliphatic rings. The summed E-state index contributed by atoms with van der Waals surface area (Å²) < 4.78 is 0. The highest BCUT2D eigenvalue weighted by Crippen LogP contribution is 2.35. The van der Waals surface area contributed by atoms with Gasteiger partial charge in [-0.25, -0.2) is 0 Å². The van der Waals surface area contributed by atoms with Crippen molar-refractivity contribution in [1.29, 1.82) is 0 Å². The smallest absolute Gasteiger partial charge is 0.217 e. The highest BCUT2D eigenvalue weighted by Gasteiger charge is 2.39. The Bertz CT molecular complexity index is 281. The van der Waals surface area contributed by atoms with Gasteiger partial charge < -0.3 is 11.1 Å². The third kappa shape index (κ3) is 4.18. The van der Waals surface area contributed by atoms with Crippen LogP contribution in [0.3, 0.4) is 0 Å². The molecule has 2 heterocycles. The molecule has 4 heteroatoms. The van der Waals surface area contributed by atoms with E-state index in [1.165, 1.54) is 32.1 Å². The molecule has 0 aromatic rings. The molecule has 0 aromatic carbocycles. The molecule has 2 bridgehead atoms. The Morgan fingerprint density at radius 1 is 1.26 bits per heavy atom. The summed E-state index contributed by atoms with van der Waals surface area (Å²) in [6, 6.07) is 2.29. The van der Waals surface area contributed by atoms with Crippen molar-refractivity contribution in [3.63, 3.8) is 0 Å². The lowest BCUT2D eigenvalue weighted by atomic mass is 9.96. The van der Waals surface area contributed by atoms with Gasteiger partial charge in [-0.3, -0.25) is 9.69 Å². The molecular weight excluding hydrogens is 238 g/mol. The maximum absolute atomic E-state index is 10.7. The van der Waals surface area contributed by atoms with Gasteiger partial charge in [0.25, 0.3) is 0 Å². The van der Waals surface area contributed by atoms with Crippen molar-refractivity contribution in [2.75, 3.05) is 13.1 Å². The number of rotatable bonds is 8. The number of hydrogen-bond acceptors (Lipinski definition) is 3. The van der Waals surface area contributed by atoms with E-state index in [9.17, 15) is 4.79 Å². The summed E-state index contributed by atoms with van der Waals surface area (Å²) in [5.74, 6) is -0.162. The van der Waals surface area contributed by atoms with Gasteiger partial charge in [0, 0.05) is 24.5 Å². The Morgan fingerprint density at radius 3 is 2.53 bits per heavy atom. The van der Waals surface area contributed by atoms with Crippen LogP contribution < -0.4 is 11.1 Å². The first-order valence-corrected chi connectivity index (χ1v) is 7.98. The average molecular weight is 267 g/mol. The molecule has 19 heavy (non-hydrogen) atoms. The summed E-state index contributed by atoms with van der Waals surface area (Å²) in [4.78, 5) is 13.4. The predicted molar refractivity (Wildman–Crippen MR) is 77.9 cm³/mol. The SMILES string of the molecule is CCCNC1CC2CCC(C1)N2CCCCC(N)=O. The third-order valence-electron chi connectivity index (χ3n) is 4.66. The van der Waals surface area contributed by atoms with E-state index in [0.29, 0.717) is 6.42 Å². The standard InChI is InChI=1S/C15H29N3O/c1-2-8-17-12-10-13-6-7-14(11-12)18(13)9-4-3-5-15(16)19/h12-14,17H,2-11H2,1H3,(H2,16,19). The second-order valence-corrected chi connectivity index (χ2v) is 6.17. The Kier molecular flexibility index (Phi) is 5.64. The van der Waals surface area contributed by atoms with Crippen LogP contribution in [-0.2, 0) is 4.79 Å². The van der Waals surface area contributed by atoms with E-state index in [-0.39, 0.29) is 5.91 Å². The molecule has 2 atom stereocenters. The Hall–Kier alpha value is -0.610. The predicted octanol–water partition coefficient (Wildman–Crippen LogP) is 1.64. The number of amides is 1. The monoisotopic (exact) mass is 267 g/mol. The van der Waals surface area contributed by atoms with E-state index in [4.69, 9.17) is 5.73 Å². The van der Waals surface area contributed by atoms with E-state index in [0.717, 1.165) is 44.1 Å². The summed E-state index contributed by atoms with van der Waals surface area (Å²) in [6.45, 7) is 4.54. The van der Waals surface area contributed by atoms with E-state index < -0.39 is 0 Å². The minimum Gasteiger partial charge on any atom is -0.370 e. The number of nitrogens with two attached hydrogens (primary N) is 1. The highest BCUT2D eigenvalue weighted by molar-refractivity contribution is 5.73. The van der Waals surface area contributed by atoms with Crippen LogP contribution in [0, 0.1) is 0 Å². The van der Waals surface area contributed by atoms with Crippen LogP contribution in [0.15, 0.2) is 0 Å². The summed E-state index contributed by atoms with van der Waals surface area (Å²) in [5, 5.41) is 3.69. The molecule has 2 rings (SSSR count). The first-order chi connectivity index (χ1) is 9.20. The zero-order valence-electron chi connectivity index (χ0n) is 12.2. The zero-order chi connectivity index (χ0) is 13.7. The molecule has 4 nitrogen and oxygen atoms in total. The maximum atomic E-state index is 10.7. The third-order valence-corrected chi connectivity index (χ3v) is 4.66. The van der Waals surface area contributed by atoms with Gasteiger partial charge in [-0.2, -0.15) is 0 Å². The van der Waals surface area contributed by atoms with Crippen molar-refractivity contribution in [2.24, 2.45) is 5.73 Å². The fourth-order valence-electron chi connectivity index (χ4n) is 3.75. The summed E-state index contributed by atoms with van der Waals surface area (Å²) >= 11 is 0. The molecule has 0 aromatic heterocycles. The van der Waals surface area contributed by atoms with Crippen LogP contribution in [0.25, 0.3) is 0 Å². The number of nitrogens with zero attached hydrogens (tertiary/aromatic N) is 1. The topological polar surface area (TPSA) is 58.4 Å². The molecule has 110 valence electrons. The van der Waals surface area contributed by atoms with Gasteiger partial charge in [-0.15, -0.1) is 0 Å². The van der Waals surface area contributed by atoms with Crippen LogP contribution in [-0.4, -0.2) is 42.0 Å². The van der Waals surface area contributed by atoms with Crippen molar-refractivity contribution >= 4 is 5.91 Å². The van der Waals surface area contributed by atoms with Crippen molar-refractivity contribution in [3.05, 3.63) is 0 Å². The van der Waals surface area contributed by atoms with Crippen LogP contribution >= 0.6 is 0 Å². The van der Waals surface area contributed by atoms with Gasteiger partial charge in [0.1, 0.15) is 0 Å². The van der Waals surface area contributed by atoms with Gasteiger partial charge in [-0.1, -0.05) is 6.92 Å². The highest BCUT2D eigenvalue weighted by atomic mass is 16.1. The number of nitrogens with one attached hydrogen (secondary N) is 1. The minimum absolute atomic E-state index is 0.162. The molecule has 1 amide bonds. The normalized spacial score (nSPS) is 30.7. The first-order valence-electron chi connectivity index (χ1n) is 7.98. The molecule has 0 radical (unpaired) electrons. The van der Waals surface area contributed by atoms with Crippen LogP contribution in [0.2, 0.25) is 0 Å². The molecule has 2 fully saturated rings. The minimum atomic E-state index is -0.162. The van der Waals surface area contributed by atoms with Gasteiger partial charge in [0.2, 0.25) is 5.91 Å². The number of carbonyl (C=O) groups is 1. The van der Waals surface area contributed by atoms with Gasteiger partial charge in [0.15, 0.2) is 0 Å². The van der Waals surface area contributed by atoms with E-state index in [1.54, 1.807) is 0 Å². The molecule has 2 aliphatic heterocycles. The average Bonchev–Trinajstić information content (AvgIpc) is 2.61. The fraction of sp³-hybridized carbons (Fsp3) is 0.933. The summed E-state index contributed by atoms with van der Waals surface area (Å²) in [6.07, 6.45) is 9.19. The van der Waals surface area contributed by atoms with Crippen molar-refractivity contribution in [2.45, 2.75) is 76.4 Å². The van der Waals surface area contributed by atoms with Gasteiger partial charge >= 0.3 is 0 Å². The molecular formula is C15H29N3O. The zero-order valence-corrected chi connectivity index (χ0v) is 12.2. The van der Waals surface area contributed by atoms with Crippen LogP contribution in [0.1, 0.15) is 58.3 Å². The van der Waals surface area contributed by atoms with Crippen molar-refractivity contribution < 1.29 is 4.79 Å². The quantitative estimate of drug-likeness (QED) is 0.657. The lowest BCUT2D eigenvalue weighted by Crippen LogP contribution is -2.49. The fourth-order valence-corrected chi connectivity index (χ4v) is 3.75. The number of carbonyl (C=O) groups excluding carboxylic acids is 1. The molecule has 2 saturated heterocycles. The van der Waals surface area contributed by atoms with E-state index in [2.05, 4.69) is 17.1 Å². The summed E-state index contributed by atoms with van der Waals surface area (Å²) in [5.41, 5.74) is 5.18. The molecule has 2 unspecified atom stereocenters. The molecule has 0 spiro atoms. The Labute approximate surface area is 117 Å². The molecule has 0 aliphatic carbocycles. The lowest BCUT2D eigenvalue weighted by Gasteiger charge is -2.39. The number of fused-ring (bicyclic) bond motifs is 2. The number of hydrogen-bond donors (Lipinski definition) is 2.